The van der Waals surface area contributed by atoms with Crippen molar-refractivity contribution in [1.82, 2.24) is 40.4 Å². The van der Waals surface area contributed by atoms with Crippen LogP contribution in [0, 0.1) is 23.7 Å². The lowest BCUT2D eigenvalue weighted by Crippen LogP contribution is -2.61. The minimum Gasteiger partial charge on any atom is -0.507 e. The van der Waals surface area contributed by atoms with Gasteiger partial charge in [0, 0.05) is 74.3 Å². The van der Waals surface area contributed by atoms with Crippen LogP contribution in [0.2, 0.25) is 0 Å². The zero-order chi connectivity index (χ0) is 47.7. The van der Waals surface area contributed by atoms with Gasteiger partial charge in [-0.25, -0.2) is 0 Å². The molecule has 5 N–H and O–H groups in total. The van der Waals surface area contributed by atoms with Crippen LogP contribution in [0.1, 0.15) is 103 Å². The molecule has 0 bridgehead atoms. The number of rotatable bonds is 10. The van der Waals surface area contributed by atoms with Crippen molar-refractivity contribution in [2.75, 3.05) is 69.1 Å². The number of likely N-dealkylation sites (tertiary alicyclic amines) is 3. The monoisotopic (exact) mass is 929 g/mol. The molecule has 15 nitrogen and oxygen atoms in total. The van der Waals surface area contributed by atoms with Gasteiger partial charge in [0.2, 0.25) is 17.7 Å². The maximum atomic E-state index is 14.3. The number of phenolic OH excluding ortho intramolecular Hbond substituents is 1. The third-order valence-electron chi connectivity index (χ3n) is 16.1. The second kappa shape index (κ2) is 20.4. The van der Waals surface area contributed by atoms with Gasteiger partial charge in [-0.3, -0.25) is 19.3 Å². The van der Waals surface area contributed by atoms with Crippen molar-refractivity contribution < 1.29 is 24.6 Å². The van der Waals surface area contributed by atoms with Crippen molar-refractivity contribution in [2.45, 2.75) is 134 Å². The first-order valence-electron chi connectivity index (χ1n) is 25.3. The van der Waals surface area contributed by atoms with Gasteiger partial charge in [-0.1, -0.05) is 51.0 Å². The number of benzene rings is 2. The number of β-amino-alcohol motifs (C(OH)–C–C–N with tert-alkyl or cyclic N) is 1. The first-order chi connectivity index (χ1) is 32.7. The number of carbonyl (C=O) groups excluding carboxylic acids is 3. The number of hydrogen-bond donors (Lipinski definition) is 5. The second-order valence-electron chi connectivity index (χ2n) is 21.4. The zero-order valence-corrected chi connectivity index (χ0v) is 40.4. The molecule has 15 heteroatoms. The minimum absolute atomic E-state index is 0.0412. The van der Waals surface area contributed by atoms with Crippen molar-refractivity contribution in [3.05, 3.63) is 65.7 Å². The number of nitrogens with zero attached hydrogens (tertiary/aromatic N) is 7. The largest absolute Gasteiger partial charge is 0.507 e. The molecule has 9 rings (SSSR count). The molecule has 1 saturated carbocycles. The van der Waals surface area contributed by atoms with E-state index in [9.17, 15) is 24.6 Å². The van der Waals surface area contributed by atoms with Crippen LogP contribution in [-0.2, 0) is 14.4 Å². The van der Waals surface area contributed by atoms with Crippen LogP contribution in [0.25, 0.3) is 11.3 Å². The van der Waals surface area contributed by atoms with E-state index in [1.54, 1.807) is 6.07 Å². The Labute approximate surface area is 402 Å². The highest BCUT2D eigenvalue weighted by atomic mass is 16.3. The summed E-state index contributed by atoms with van der Waals surface area (Å²) >= 11 is 0. The lowest BCUT2D eigenvalue weighted by atomic mass is 9.82. The van der Waals surface area contributed by atoms with E-state index in [-0.39, 0.29) is 48.4 Å². The maximum absolute atomic E-state index is 14.3. The predicted molar refractivity (Wildman–Crippen MR) is 264 cm³/mol. The Morgan fingerprint density at radius 1 is 0.779 bits per heavy atom. The number of nitrogens with one attached hydrogen (secondary N) is 3. The highest BCUT2D eigenvalue weighted by molar-refractivity contribution is 5.93. The molecule has 6 heterocycles. The van der Waals surface area contributed by atoms with Crippen molar-refractivity contribution in [1.29, 1.82) is 0 Å². The molecule has 5 atom stereocenters. The van der Waals surface area contributed by atoms with Crippen LogP contribution in [0.5, 0.6) is 5.75 Å². The van der Waals surface area contributed by atoms with Gasteiger partial charge in [0.05, 0.1) is 29.6 Å². The number of aliphatic hydroxyl groups excluding tert-OH is 1. The van der Waals surface area contributed by atoms with E-state index >= 15 is 0 Å². The van der Waals surface area contributed by atoms with E-state index < -0.39 is 23.6 Å². The van der Waals surface area contributed by atoms with Crippen LogP contribution in [-0.4, -0.2) is 159 Å². The van der Waals surface area contributed by atoms with E-state index in [2.05, 4.69) is 57.7 Å². The van der Waals surface area contributed by atoms with E-state index in [0.29, 0.717) is 35.4 Å². The number of fused-ring (bicyclic) bond motifs is 3. The fourth-order valence-corrected chi connectivity index (χ4v) is 12.0. The normalized spacial score (nSPS) is 26.4. The summed E-state index contributed by atoms with van der Waals surface area (Å²) < 4.78 is 0. The third kappa shape index (κ3) is 10.3. The summed E-state index contributed by atoms with van der Waals surface area (Å²) in [4.78, 5) is 54.0. The highest BCUT2D eigenvalue weighted by Crippen LogP contribution is 2.38. The first kappa shape index (κ1) is 47.8. The van der Waals surface area contributed by atoms with Crippen molar-refractivity contribution in [3.63, 3.8) is 0 Å². The molecule has 3 aromatic rings. The fourth-order valence-electron chi connectivity index (χ4n) is 12.0. The average molecular weight is 929 g/mol. The average Bonchev–Trinajstić information content (AvgIpc) is 3.76. The third-order valence-corrected chi connectivity index (χ3v) is 16.1. The number of phenols is 1. The van der Waals surface area contributed by atoms with Gasteiger partial charge >= 0.3 is 0 Å². The molecule has 1 aliphatic carbocycles. The number of para-hydroxylation sites is 1. The molecule has 364 valence electrons. The number of carbonyl (C=O) groups is 3. The summed E-state index contributed by atoms with van der Waals surface area (Å²) in [7, 11) is 0. The van der Waals surface area contributed by atoms with Gasteiger partial charge in [-0.15, -0.1) is 16.6 Å². The van der Waals surface area contributed by atoms with E-state index in [0.717, 1.165) is 101 Å². The molecule has 68 heavy (non-hydrogen) atoms. The van der Waals surface area contributed by atoms with Crippen LogP contribution in [0.3, 0.4) is 0 Å². The standard InChI is InChI=1S/C53H72N10O5/c1-6-35-11-13-36(14-12-35)34(2)55-51(67)46-29-42(64)33-63(46)52(68)48(53(3,4)5)56-50(66)37-15-17-38(18-16-37)59-23-19-39(20-24-59)60-25-21-40(22-26-60)61-27-28-62-41(32-61)31-54-49-45(62)30-44(57-58-49)43-9-7-8-10-47(43)65/h1,7-14,30,34,37-42,46,48,64-65H,15-29,31-33H2,2-5H3,(H,54,58)(H,55,67)(H,56,66)/t34-,37-,38+,41-,42+,46-,48+/m0/s1. The first-order valence-corrected chi connectivity index (χ1v) is 25.3. The number of aliphatic hydroxyl groups is 1. The van der Waals surface area contributed by atoms with Crippen LogP contribution in [0.15, 0.2) is 54.6 Å². The second-order valence-corrected chi connectivity index (χ2v) is 21.4. The molecule has 0 unspecified atom stereocenters. The number of terminal acetylenes is 1. The Bertz CT molecular complexity index is 2310. The summed E-state index contributed by atoms with van der Waals surface area (Å²) in [6.07, 6.45) is 13.1. The summed E-state index contributed by atoms with van der Waals surface area (Å²) in [6, 6.07) is 16.8. The Hall–Kier alpha value is -5.27. The van der Waals surface area contributed by atoms with E-state index in [1.165, 1.54) is 30.6 Å². The smallest absolute Gasteiger partial charge is 0.246 e. The van der Waals surface area contributed by atoms with Crippen molar-refractivity contribution in [3.8, 4) is 29.4 Å². The molecule has 2 aromatic carbocycles. The molecule has 6 aliphatic rings. The molecule has 1 aromatic heterocycles. The van der Waals surface area contributed by atoms with Gasteiger partial charge in [0.25, 0.3) is 0 Å². The Kier molecular flexibility index (Phi) is 14.3. The topological polar surface area (TPSA) is 170 Å². The lowest BCUT2D eigenvalue weighted by Gasteiger charge is -2.50. The molecule has 4 saturated heterocycles. The van der Waals surface area contributed by atoms with Crippen LogP contribution >= 0.6 is 0 Å². The number of aromatic hydroxyl groups is 1. The van der Waals surface area contributed by atoms with Crippen LogP contribution in [0.4, 0.5) is 11.5 Å². The Morgan fingerprint density at radius 3 is 2.07 bits per heavy atom. The number of piperidine rings is 2. The number of aromatic nitrogens is 2. The number of hydrogen-bond acceptors (Lipinski definition) is 12. The van der Waals surface area contributed by atoms with Gasteiger partial charge in [-0.2, -0.15) is 0 Å². The fraction of sp³-hybridized carbons (Fsp3) is 0.604. The quantitative estimate of drug-likeness (QED) is 0.180. The molecular formula is C53H72N10O5. The summed E-state index contributed by atoms with van der Waals surface area (Å²) in [5, 5.41) is 39.8. The van der Waals surface area contributed by atoms with Crippen molar-refractivity contribution >= 4 is 29.2 Å². The summed E-state index contributed by atoms with van der Waals surface area (Å²) in [5.41, 5.74) is 3.48. The van der Waals surface area contributed by atoms with E-state index in [4.69, 9.17) is 6.42 Å². The lowest BCUT2D eigenvalue weighted by molar-refractivity contribution is -0.145. The SMILES string of the molecule is C#Cc1ccc([C@H](C)NC(=O)[C@@H]2C[C@@H](O)CN2C(=O)[C@@H](NC(=O)[C@H]2CC[C@@H](N3CCC(N4CCC(N5CCN6c7cc(-c8ccccc8O)nnc7NC[C@H]6C5)CC4)CC3)CC2)C(C)(C)C)cc1. The zero-order valence-electron chi connectivity index (χ0n) is 40.4. The molecule has 0 spiro atoms. The van der Waals surface area contributed by atoms with Gasteiger partial charge < -0.3 is 45.8 Å². The highest BCUT2D eigenvalue weighted by Gasteiger charge is 2.46. The summed E-state index contributed by atoms with van der Waals surface area (Å²) in [6.45, 7) is 16.1. The van der Waals surface area contributed by atoms with Crippen molar-refractivity contribution in [2.24, 2.45) is 11.3 Å². The predicted octanol–water partition coefficient (Wildman–Crippen LogP) is 4.60. The van der Waals surface area contributed by atoms with Gasteiger partial charge in [0.15, 0.2) is 5.82 Å². The summed E-state index contributed by atoms with van der Waals surface area (Å²) in [5.74, 6) is 2.70. The minimum atomic E-state index is -0.843. The molecule has 3 amide bonds. The number of anilines is 2. The van der Waals surface area contributed by atoms with Gasteiger partial charge in [0.1, 0.15) is 17.8 Å². The molecule has 0 radical (unpaired) electrons. The van der Waals surface area contributed by atoms with E-state index in [1.807, 2.05) is 70.2 Å². The molecule has 5 aliphatic heterocycles. The maximum Gasteiger partial charge on any atom is 0.246 e. The number of piperazine rings is 1. The Morgan fingerprint density at radius 2 is 1.43 bits per heavy atom. The molecule has 5 fully saturated rings. The van der Waals surface area contributed by atoms with Gasteiger partial charge in [-0.05, 0) is 126 Å². The Balaban J connectivity index is 0.709. The molecular weight excluding hydrogens is 857 g/mol. The van der Waals surface area contributed by atoms with Crippen LogP contribution < -0.4 is 20.9 Å². The number of amides is 3.